The summed E-state index contributed by atoms with van der Waals surface area (Å²) in [5.74, 6) is 0. The molecule has 2 aliphatic carbocycles. The van der Waals surface area contributed by atoms with Gasteiger partial charge in [0.25, 0.3) is 0 Å². The Morgan fingerprint density at radius 3 is 2.60 bits per heavy atom. The molecule has 0 aromatic heterocycles. The van der Waals surface area contributed by atoms with Crippen molar-refractivity contribution in [3.8, 4) is 0 Å². The van der Waals surface area contributed by atoms with Crippen LogP contribution in [0.3, 0.4) is 0 Å². The molecule has 0 spiro atoms. The summed E-state index contributed by atoms with van der Waals surface area (Å²) in [7, 11) is 2.28. The molecule has 0 bridgehead atoms. The van der Waals surface area contributed by atoms with E-state index in [1.54, 1.807) is 0 Å². The molecular weight excluding hydrogens is 312 g/mol. The Hall–Kier alpha value is -0.540. The summed E-state index contributed by atoms with van der Waals surface area (Å²) in [6, 6.07) is 8.23. The highest BCUT2D eigenvalue weighted by Gasteiger charge is 2.23. The zero-order valence-corrected chi connectivity index (χ0v) is 14.0. The quantitative estimate of drug-likeness (QED) is 0.853. The summed E-state index contributed by atoms with van der Waals surface area (Å²) in [5.41, 5.74) is 2.84. The van der Waals surface area contributed by atoms with E-state index >= 15 is 0 Å². The molecule has 0 unspecified atom stereocenters. The Morgan fingerprint density at radius 2 is 1.90 bits per heavy atom. The van der Waals surface area contributed by atoms with Crippen LogP contribution in [-0.4, -0.2) is 19.1 Å². The molecule has 2 nitrogen and oxygen atoms in total. The lowest BCUT2D eigenvalue weighted by molar-refractivity contribution is 0.427. The van der Waals surface area contributed by atoms with Crippen LogP contribution < -0.4 is 10.2 Å². The van der Waals surface area contributed by atoms with Crippen LogP contribution >= 0.6 is 15.9 Å². The van der Waals surface area contributed by atoms with Crippen LogP contribution in [0, 0.1) is 0 Å². The summed E-state index contributed by atoms with van der Waals surface area (Å²) in [6.45, 7) is 0.997. The zero-order chi connectivity index (χ0) is 13.9. The van der Waals surface area contributed by atoms with E-state index in [0.29, 0.717) is 0 Å². The smallest absolute Gasteiger partial charge is 0.0412 e. The fourth-order valence-corrected chi connectivity index (χ4v) is 3.66. The van der Waals surface area contributed by atoms with Crippen molar-refractivity contribution in [2.24, 2.45) is 0 Å². The van der Waals surface area contributed by atoms with Crippen LogP contribution in [0.2, 0.25) is 0 Å². The Bertz CT molecular complexity index is 450. The number of rotatable bonds is 5. The Balaban J connectivity index is 1.75. The molecule has 0 amide bonds. The lowest BCUT2D eigenvalue weighted by Crippen LogP contribution is -2.34. The van der Waals surface area contributed by atoms with Gasteiger partial charge in [-0.2, -0.15) is 0 Å². The van der Waals surface area contributed by atoms with E-state index in [2.05, 4.69) is 51.4 Å². The first kappa shape index (κ1) is 14.4. The van der Waals surface area contributed by atoms with Gasteiger partial charge in [-0.05, 0) is 49.4 Å². The second kappa shape index (κ2) is 6.48. The number of hydrogen-bond acceptors (Lipinski definition) is 2. The maximum Gasteiger partial charge on any atom is 0.0412 e. The second-order valence-electron chi connectivity index (χ2n) is 6.33. The van der Waals surface area contributed by atoms with Crippen LogP contribution in [-0.2, 0) is 6.54 Å². The fourth-order valence-electron chi connectivity index (χ4n) is 3.25. The fraction of sp³-hybridized carbons (Fsp3) is 0.647. The van der Waals surface area contributed by atoms with Gasteiger partial charge in [0.1, 0.15) is 0 Å². The van der Waals surface area contributed by atoms with E-state index < -0.39 is 0 Å². The van der Waals surface area contributed by atoms with E-state index in [1.807, 2.05) is 0 Å². The van der Waals surface area contributed by atoms with Crippen molar-refractivity contribution in [1.29, 1.82) is 0 Å². The first-order valence-corrected chi connectivity index (χ1v) is 8.78. The Morgan fingerprint density at radius 1 is 1.15 bits per heavy atom. The van der Waals surface area contributed by atoms with E-state index in [-0.39, 0.29) is 0 Å². The van der Waals surface area contributed by atoms with E-state index in [0.717, 1.165) is 18.6 Å². The summed E-state index contributed by atoms with van der Waals surface area (Å²) >= 11 is 3.62. The largest absolute Gasteiger partial charge is 0.371 e. The molecule has 1 aromatic rings. The van der Waals surface area contributed by atoms with Crippen molar-refractivity contribution in [3.05, 3.63) is 28.2 Å². The Labute approximate surface area is 131 Å². The van der Waals surface area contributed by atoms with Crippen molar-refractivity contribution >= 4 is 21.6 Å². The van der Waals surface area contributed by atoms with Gasteiger partial charge in [-0.25, -0.2) is 0 Å². The molecule has 0 radical (unpaired) electrons. The lowest BCUT2D eigenvalue weighted by atomic mass is 9.94. The number of nitrogens with one attached hydrogen (secondary N) is 1. The van der Waals surface area contributed by atoms with Gasteiger partial charge < -0.3 is 10.2 Å². The second-order valence-corrected chi connectivity index (χ2v) is 7.25. The summed E-state index contributed by atoms with van der Waals surface area (Å²) in [4.78, 5) is 2.52. The third kappa shape index (κ3) is 3.56. The predicted molar refractivity (Wildman–Crippen MR) is 89.3 cm³/mol. The molecule has 110 valence electrons. The van der Waals surface area contributed by atoms with Crippen LogP contribution in [0.25, 0.3) is 0 Å². The maximum atomic E-state index is 3.65. The summed E-state index contributed by atoms with van der Waals surface area (Å²) in [6.07, 6.45) is 9.59. The minimum Gasteiger partial charge on any atom is -0.371 e. The van der Waals surface area contributed by atoms with Gasteiger partial charge in [-0.15, -0.1) is 0 Å². The summed E-state index contributed by atoms with van der Waals surface area (Å²) in [5, 5.41) is 3.65. The highest BCUT2D eigenvalue weighted by Crippen LogP contribution is 2.31. The molecule has 1 N–H and O–H groups in total. The van der Waals surface area contributed by atoms with E-state index in [9.17, 15) is 0 Å². The monoisotopic (exact) mass is 336 g/mol. The van der Waals surface area contributed by atoms with Gasteiger partial charge in [0.05, 0.1) is 0 Å². The van der Waals surface area contributed by atoms with Gasteiger partial charge in [-0.3, -0.25) is 0 Å². The number of anilines is 1. The van der Waals surface area contributed by atoms with Crippen molar-refractivity contribution in [2.45, 2.75) is 63.6 Å². The van der Waals surface area contributed by atoms with Crippen LogP contribution in [0.1, 0.15) is 50.5 Å². The molecule has 0 heterocycles. The average Bonchev–Trinajstić information content (AvgIpc) is 3.30. The molecule has 0 aliphatic heterocycles. The molecule has 3 rings (SSSR count). The van der Waals surface area contributed by atoms with Crippen LogP contribution in [0.5, 0.6) is 0 Å². The van der Waals surface area contributed by atoms with Crippen LogP contribution in [0.15, 0.2) is 22.7 Å². The van der Waals surface area contributed by atoms with Gasteiger partial charge >= 0.3 is 0 Å². The third-order valence-corrected chi connectivity index (χ3v) is 5.20. The molecule has 2 saturated carbocycles. The highest BCUT2D eigenvalue weighted by atomic mass is 79.9. The number of benzene rings is 1. The standard InChI is InChI=1S/C17H25BrN2/c1-20(16-5-3-2-4-6-16)17-10-7-14(18)11-13(17)12-19-15-8-9-15/h7,10-11,15-16,19H,2-6,8-9,12H2,1H3. The van der Waals surface area contributed by atoms with E-state index in [1.165, 1.54) is 60.7 Å². The van der Waals surface area contributed by atoms with Crippen molar-refractivity contribution in [3.63, 3.8) is 0 Å². The molecule has 20 heavy (non-hydrogen) atoms. The lowest BCUT2D eigenvalue weighted by Gasteiger charge is -2.34. The molecule has 1 aromatic carbocycles. The van der Waals surface area contributed by atoms with Crippen LogP contribution in [0.4, 0.5) is 5.69 Å². The van der Waals surface area contributed by atoms with Gasteiger partial charge in [0.15, 0.2) is 0 Å². The number of halogens is 1. The summed E-state index contributed by atoms with van der Waals surface area (Å²) < 4.78 is 1.19. The molecule has 2 aliphatic rings. The van der Waals surface area contributed by atoms with Crippen molar-refractivity contribution in [1.82, 2.24) is 5.32 Å². The Kier molecular flexibility index (Phi) is 4.67. The minimum atomic E-state index is 0.726. The first-order chi connectivity index (χ1) is 9.74. The number of hydrogen-bond donors (Lipinski definition) is 1. The molecule has 0 saturated heterocycles. The predicted octanol–water partition coefficient (Wildman–Crippen LogP) is 4.47. The topological polar surface area (TPSA) is 15.3 Å². The molecular formula is C17H25BrN2. The van der Waals surface area contributed by atoms with Gasteiger partial charge in [-0.1, -0.05) is 35.2 Å². The van der Waals surface area contributed by atoms with Crippen molar-refractivity contribution < 1.29 is 0 Å². The first-order valence-electron chi connectivity index (χ1n) is 7.98. The average molecular weight is 337 g/mol. The maximum absolute atomic E-state index is 3.65. The molecule has 3 heteroatoms. The van der Waals surface area contributed by atoms with Crippen molar-refractivity contribution in [2.75, 3.05) is 11.9 Å². The highest BCUT2D eigenvalue weighted by molar-refractivity contribution is 9.10. The zero-order valence-electron chi connectivity index (χ0n) is 12.4. The molecule has 2 fully saturated rings. The third-order valence-electron chi connectivity index (χ3n) is 4.70. The molecule has 0 atom stereocenters. The number of nitrogens with zero attached hydrogens (tertiary/aromatic N) is 1. The normalized spacial score (nSPS) is 20.1. The van der Waals surface area contributed by atoms with Gasteiger partial charge in [0.2, 0.25) is 0 Å². The SMILES string of the molecule is CN(c1ccc(Br)cc1CNC1CC1)C1CCCCC1. The van der Waals surface area contributed by atoms with Gasteiger partial charge in [0, 0.05) is 35.8 Å². The van der Waals surface area contributed by atoms with E-state index in [4.69, 9.17) is 0 Å². The minimum absolute atomic E-state index is 0.726.